The summed E-state index contributed by atoms with van der Waals surface area (Å²) in [5.41, 5.74) is 1.10. The Balaban J connectivity index is 0.00000169. The summed E-state index contributed by atoms with van der Waals surface area (Å²) in [6.45, 7) is 5.55. The molecule has 0 radical (unpaired) electrons. The van der Waals surface area contributed by atoms with Crippen molar-refractivity contribution in [1.29, 1.82) is 0 Å². The first kappa shape index (κ1) is 23.4. The number of halogens is 3. The third-order valence-corrected chi connectivity index (χ3v) is 4.64. The lowest BCUT2D eigenvalue weighted by atomic mass is 10.0. The molecule has 26 heavy (non-hydrogen) atoms. The van der Waals surface area contributed by atoms with E-state index in [4.69, 9.17) is 21.1 Å². The molecule has 0 spiro atoms. The number of carbonyl (C=O) groups excluding carboxylic acids is 1. The van der Waals surface area contributed by atoms with E-state index in [-0.39, 0.29) is 36.8 Å². The summed E-state index contributed by atoms with van der Waals surface area (Å²) in [4.78, 5) is 14.7. The van der Waals surface area contributed by atoms with E-state index in [0.29, 0.717) is 37.9 Å². The van der Waals surface area contributed by atoms with E-state index in [1.165, 1.54) is 0 Å². The summed E-state index contributed by atoms with van der Waals surface area (Å²) in [6.07, 6.45) is -0.413. The Morgan fingerprint density at radius 3 is 2.73 bits per heavy atom. The molecule has 1 aromatic carbocycles. The van der Waals surface area contributed by atoms with E-state index in [2.05, 4.69) is 21.6 Å². The topological polar surface area (TPSA) is 62.8 Å². The van der Waals surface area contributed by atoms with Crippen molar-refractivity contribution in [3.8, 4) is 0 Å². The van der Waals surface area contributed by atoms with E-state index in [0.717, 1.165) is 25.2 Å². The minimum atomic E-state index is -0.413. The second kappa shape index (κ2) is 12.0. The normalized spacial score (nSPS) is 21.8. The summed E-state index contributed by atoms with van der Waals surface area (Å²) < 4.78 is 11.0. The Kier molecular flexibility index (Phi) is 10.8. The maximum absolute atomic E-state index is 12.3. The monoisotopic (exact) mass is 425 g/mol. The van der Waals surface area contributed by atoms with Crippen LogP contribution < -0.4 is 10.6 Å². The van der Waals surface area contributed by atoms with Gasteiger partial charge in [-0.25, -0.2) is 0 Å². The number of hydrogen-bond acceptors (Lipinski definition) is 5. The van der Waals surface area contributed by atoms with Gasteiger partial charge in [0.2, 0.25) is 0 Å². The van der Waals surface area contributed by atoms with E-state index in [1.54, 1.807) is 0 Å². The molecule has 2 heterocycles. The molecule has 1 amide bonds. The maximum atomic E-state index is 12.3. The summed E-state index contributed by atoms with van der Waals surface area (Å²) in [5.74, 6) is -0.0671. The zero-order chi connectivity index (χ0) is 16.8. The number of nitrogens with one attached hydrogen (secondary N) is 2. The number of benzene rings is 1. The molecule has 2 unspecified atom stereocenters. The van der Waals surface area contributed by atoms with Crippen molar-refractivity contribution in [2.24, 2.45) is 0 Å². The van der Waals surface area contributed by atoms with Crippen molar-refractivity contribution in [1.82, 2.24) is 15.5 Å². The summed E-state index contributed by atoms with van der Waals surface area (Å²) in [6, 6.07) is 7.90. The second-order valence-corrected chi connectivity index (χ2v) is 6.46. The third-order valence-electron chi connectivity index (χ3n) is 4.41. The highest BCUT2D eigenvalue weighted by Gasteiger charge is 2.26. The molecular weight excluding hydrogens is 401 g/mol. The van der Waals surface area contributed by atoms with Crippen molar-refractivity contribution in [3.63, 3.8) is 0 Å². The van der Waals surface area contributed by atoms with Crippen LogP contribution in [0.3, 0.4) is 0 Å². The summed E-state index contributed by atoms with van der Waals surface area (Å²) >= 11 is 6.15. The highest BCUT2D eigenvalue weighted by atomic mass is 35.5. The van der Waals surface area contributed by atoms with Crippen LogP contribution in [0.4, 0.5) is 0 Å². The summed E-state index contributed by atoms with van der Waals surface area (Å²) in [7, 11) is 0. The molecule has 0 saturated carbocycles. The number of nitrogens with zero attached hydrogens (tertiary/aromatic N) is 1. The predicted octanol–water partition coefficient (Wildman–Crippen LogP) is 1.66. The highest BCUT2D eigenvalue weighted by molar-refractivity contribution is 6.30. The fourth-order valence-electron chi connectivity index (χ4n) is 3.11. The van der Waals surface area contributed by atoms with Crippen LogP contribution in [0.25, 0.3) is 0 Å². The van der Waals surface area contributed by atoms with Crippen LogP contribution in [0, 0.1) is 0 Å². The fourth-order valence-corrected chi connectivity index (χ4v) is 3.30. The van der Waals surface area contributed by atoms with Gasteiger partial charge in [-0.15, -0.1) is 24.8 Å². The SMILES string of the molecule is Cl.Cl.O=C(NCC(c1cccc(Cl)c1)N1CCOCC1)C1CNCCO1. The smallest absolute Gasteiger partial charge is 0.250 e. The van der Waals surface area contributed by atoms with E-state index >= 15 is 0 Å². The van der Waals surface area contributed by atoms with E-state index in [1.807, 2.05) is 18.2 Å². The number of morpholine rings is 2. The van der Waals surface area contributed by atoms with Gasteiger partial charge < -0.3 is 20.1 Å². The first-order valence-corrected chi connectivity index (χ1v) is 8.79. The van der Waals surface area contributed by atoms with Gasteiger partial charge in [0.1, 0.15) is 6.10 Å². The molecule has 2 saturated heterocycles. The van der Waals surface area contributed by atoms with Gasteiger partial charge in [-0.2, -0.15) is 0 Å². The molecule has 1 aromatic rings. The molecule has 148 valence electrons. The Hall–Kier alpha value is -0.600. The number of amides is 1. The van der Waals surface area contributed by atoms with Crippen molar-refractivity contribution in [3.05, 3.63) is 34.9 Å². The average molecular weight is 427 g/mol. The van der Waals surface area contributed by atoms with Crippen molar-refractivity contribution < 1.29 is 14.3 Å². The number of ether oxygens (including phenoxy) is 2. The molecule has 0 bridgehead atoms. The molecule has 0 aliphatic carbocycles. The lowest BCUT2D eigenvalue weighted by Gasteiger charge is -2.35. The zero-order valence-corrected chi connectivity index (χ0v) is 16.9. The van der Waals surface area contributed by atoms with Crippen LogP contribution in [-0.2, 0) is 14.3 Å². The Morgan fingerprint density at radius 1 is 1.31 bits per heavy atom. The van der Waals surface area contributed by atoms with Crippen LogP contribution in [0.1, 0.15) is 11.6 Å². The minimum absolute atomic E-state index is 0. The van der Waals surface area contributed by atoms with Gasteiger partial charge in [-0.1, -0.05) is 23.7 Å². The van der Waals surface area contributed by atoms with Gasteiger partial charge in [0.25, 0.3) is 5.91 Å². The molecule has 0 aromatic heterocycles. The molecule has 2 aliphatic rings. The third kappa shape index (κ3) is 6.53. The number of hydrogen-bond donors (Lipinski definition) is 2. The van der Waals surface area contributed by atoms with Crippen LogP contribution >= 0.6 is 36.4 Å². The van der Waals surface area contributed by atoms with Crippen LogP contribution in [-0.4, -0.2) is 69.5 Å². The van der Waals surface area contributed by atoms with Gasteiger partial charge in [0.15, 0.2) is 0 Å². The van der Waals surface area contributed by atoms with Crippen LogP contribution in [0.2, 0.25) is 5.02 Å². The van der Waals surface area contributed by atoms with Crippen molar-refractivity contribution >= 4 is 42.3 Å². The first-order valence-electron chi connectivity index (χ1n) is 8.41. The van der Waals surface area contributed by atoms with E-state index in [9.17, 15) is 4.79 Å². The van der Waals surface area contributed by atoms with Gasteiger partial charge in [-0.3, -0.25) is 9.69 Å². The van der Waals surface area contributed by atoms with E-state index < -0.39 is 6.10 Å². The van der Waals surface area contributed by atoms with Gasteiger partial charge in [0.05, 0.1) is 25.9 Å². The number of carbonyl (C=O) groups is 1. The lowest BCUT2D eigenvalue weighted by molar-refractivity contribution is -0.134. The molecule has 3 rings (SSSR count). The second-order valence-electron chi connectivity index (χ2n) is 6.03. The van der Waals surface area contributed by atoms with Gasteiger partial charge >= 0.3 is 0 Å². The Labute approximate surface area is 171 Å². The summed E-state index contributed by atoms with van der Waals surface area (Å²) in [5, 5.41) is 6.92. The molecule has 9 heteroatoms. The Morgan fingerprint density at radius 2 is 2.08 bits per heavy atom. The molecule has 2 atom stereocenters. The fraction of sp³-hybridized carbons (Fsp3) is 0.588. The molecule has 6 nitrogen and oxygen atoms in total. The average Bonchev–Trinajstić information content (AvgIpc) is 2.63. The standard InChI is InChI=1S/C17H24ClN3O3.2ClH/c18-14-3-1-2-13(10-14)15(21-5-8-23-9-6-21)11-20-17(22)16-12-19-4-7-24-16;;/h1-3,10,15-16,19H,4-9,11-12H2,(H,20,22);2*1H. The minimum Gasteiger partial charge on any atom is -0.379 e. The first-order chi connectivity index (χ1) is 11.7. The molecule has 2 fully saturated rings. The van der Waals surface area contributed by atoms with Crippen LogP contribution in [0.5, 0.6) is 0 Å². The van der Waals surface area contributed by atoms with Crippen molar-refractivity contribution in [2.75, 3.05) is 52.5 Å². The van der Waals surface area contributed by atoms with Crippen molar-refractivity contribution in [2.45, 2.75) is 12.1 Å². The highest BCUT2D eigenvalue weighted by Crippen LogP contribution is 2.24. The molecule has 2 N–H and O–H groups in total. The molecular formula is C17H26Cl3N3O3. The number of rotatable bonds is 5. The van der Waals surface area contributed by atoms with Crippen LogP contribution in [0.15, 0.2) is 24.3 Å². The Bertz CT molecular complexity index is 553. The predicted molar refractivity (Wildman–Crippen MR) is 107 cm³/mol. The van der Waals surface area contributed by atoms with Gasteiger partial charge in [-0.05, 0) is 17.7 Å². The lowest BCUT2D eigenvalue weighted by Crippen LogP contribution is -2.50. The molecule has 2 aliphatic heterocycles. The quantitative estimate of drug-likeness (QED) is 0.750. The maximum Gasteiger partial charge on any atom is 0.250 e. The van der Waals surface area contributed by atoms with Gasteiger partial charge in [0, 0.05) is 37.7 Å². The zero-order valence-electron chi connectivity index (χ0n) is 14.5. The largest absolute Gasteiger partial charge is 0.379 e.